The smallest absolute Gasteiger partial charge is 0.418 e. The largest absolute Gasteiger partial charge is 0.462 e. The number of halogens is 5. The number of carbonyl (C=O) groups is 1. The molecule has 0 unspecified atom stereocenters. The Morgan fingerprint density at radius 3 is 2.54 bits per heavy atom. The van der Waals surface area contributed by atoms with Crippen LogP contribution >= 0.6 is 11.6 Å². The van der Waals surface area contributed by atoms with Crippen molar-refractivity contribution in [2.24, 2.45) is 0 Å². The van der Waals surface area contributed by atoms with E-state index in [2.05, 4.69) is 5.10 Å². The van der Waals surface area contributed by atoms with Crippen LogP contribution in [0.5, 0.6) is 0 Å². The zero-order valence-electron chi connectivity index (χ0n) is 12.0. The van der Waals surface area contributed by atoms with Gasteiger partial charge in [-0.25, -0.2) is 9.18 Å². The second kappa shape index (κ2) is 6.60. The van der Waals surface area contributed by atoms with Crippen LogP contribution in [0.3, 0.4) is 0 Å². The highest BCUT2D eigenvalue weighted by Crippen LogP contribution is 2.28. The number of carbonyl (C=O) groups excluding carboxylic acids is 1. The number of hydrogen-bond donors (Lipinski definition) is 0. The Morgan fingerprint density at radius 1 is 1.33 bits per heavy atom. The second-order valence-corrected chi connectivity index (χ2v) is 4.90. The summed E-state index contributed by atoms with van der Waals surface area (Å²) in [6, 6.07) is 1.90. The van der Waals surface area contributed by atoms with E-state index in [0.717, 1.165) is 12.1 Å². The maximum absolute atomic E-state index is 14.0. The van der Waals surface area contributed by atoms with E-state index < -0.39 is 34.8 Å². The minimum absolute atomic E-state index is 0.0281. The van der Waals surface area contributed by atoms with Crippen LogP contribution < -0.4 is 5.56 Å². The van der Waals surface area contributed by atoms with Crippen LogP contribution in [-0.2, 0) is 10.9 Å². The van der Waals surface area contributed by atoms with Gasteiger partial charge < -0.3 is 4.74 Å². The number of rotatable bonds is 3. The van der Waals surface area contributed by atoms with Crippen LogP contribution in [0.1, 0.15) is 22.8 Å². The molecule has 5 nitrogen and oxygen atoms in total. The SMILES string of the molecule is CCOC(=O)c1cc(-n2ncc(C(F)(F)F)cc2=O)c(F)cc1Cl. The normalized spacial score (nSPS) is 11.4. The number of hydrogen-bond acceptors (Lipinski definition) is 4. The first-order valence-electron chi connectivity index (χ1n) is 6.48. The zero-order valence-corrected chi connectivity index (χ0v) is 12.8. The molecule has 2 aromatic rings. The fourth-order valence-corrected chi connectivity index (χ4v) is 2.04. The van der Waals surface area contributed by atoms with Gasteiger partial charge in [-0.3, -0.25) is 4.79 Å². The number of ether oxygens (including phenoxy) is 1. The van der Waals surface area contributed by atoms with Gasteiger partial charge in [0.05, 0.1) is 29.0 Å². The Labute approximate surface area is 137 Å². The molecule has 2 rings (SSSR count). The van der Waals surface area contributed by atoms with E-state index in [1.807, 2.05) is 0 Å². The van der Waals surface area contributed by atoms with Gasteiger partial charge in [-0.05, 0) is 19.1 Å². The third-order valence-corrected chi connectivity index (χ3v) is 3.20. The summed E-state index contributed by atoms with van der Waals surface area (Å²) in [4.78, 5) is 23.6. The fourth-order valence-electron chi connectivity index (χ4n) is 1.81. The van der Waals surface area contributed by atoms with Gasteiger partial charge in [-0.1, -0.05) is 11.6 Å². The van der Waals surface area contributed by atoms with E-state index in [9.17, 15) is 27.2 Å². The fraction of sp³-hybridized carbons (Fsp3) is 0.214. The van der Waals surface area contributed by atoms with Crippen molar-refractivity contribution in [2.45, 2.75) is 13.1 Å². The minimum Gasteiger partial charge on any atom is -0.462 e. The van der Waals surface area contributed by atoms with E-state index in [4.69, 9.17) is 16.3 Å². The first-order chi connectivity index (χ1) is 11.1. The highest BCUT2D eigenvalue weighted by atomic mass is 35.5. The summed E-state index contributed by atoms with van der Waals surface area (Å²) in [5.41, 5.74) is -3.27. The Kier molecular flexibility index (Phi) is 4.93. The van der Waals surface area contributed by atoms with Gasteiger partial charge in [0.15, 0.2) is 5.82 Å². The molecule has 0 saturated carbocycles. The quantitative estimate of drug-likeness (QED) is 0.620. The molecule has 1 heterocycles. The number of aromatic nitrogens is 2. The number of esters is 1. The third-order valence-electron chi connectivity index (χ3n) is 2.89. The van der Waals surface area contributed by atoms with Crippen LogP contribution in [0.2, 0.25) is 5.02 Å². The molecule has 128 valence electrons. The van der Waals surface area contributed by atoms with E-state index in [-0.39, 0.29) is 23.3 Å². The van der Waals surface area contributed by atoms with Crippen molar-refractivity contribution in [1.29, 1.82) is 0 Å². The Morgan fingerprint density at radius 2 is 2.00 bits per heavy atom. The Hall–Kier alpha value is -2.42. The first kappa shape index (κ1) is 17.9. The Balaban J connectivity index is 2.59. The van der Waals surface area contributed by atoms with Gasteiger partial charge in [-0.15, -0.1) is 0 Å². The van der Waals surface area contributed by atoms with Crippen molar-refractivity contribution in [3.8, 4) is 5.69 Å². The molecule has 0 radical (unpaired) electrons. The van der Waals surface area contributed by atoms with Gasteiger partial charge in [-0.2, -0.15) is 23.0 Å². The standard InChI is InChI=1S/C14H9ClF4N2O3/c1-2-24-13(23)8-4-11(10(16)5-9(8)15)21-12(22)3-7(6-20-21)14(17,18)19/h3-6H,2H2,1H3. The maximum Gasteiger partial charge on any atom is 0.418 e. The van der Waals surface area contributed by atoms with Crippen LogP contribution in [0.25, 0.3) is 5.69 Å². The second-order valence-electron chi connectivity index (χ2n) is 4.50. The van der Waals surface area contributed by atoms with Crippen molar-refractivity contribution >= 4 is 17.6 Å². The van der Waals surface area contributed by atoms with Crippen LogP contribution in [0.15, 0.2) is 29.2 Å². The van der Waals surface area contributed by atoms with Crippen molar-refractivity contribution in [2.75, 3.05) is 6.61 Å². The average molecular weight is 365 g/mol. The average Bonchev–Trinajstić information content (AvgIpc) is 2.47. The van der Waals surface area contributed by atoms with Gasteiger partial charge in [0.1, 0.15) is 5.69 Å². The highest BCUT2D eigenvalue weighted by Gasteiger charge is 2.32. The van der Waals surface area contributed by atoms with Gasteiger partial charge >= 0.3 is 12.1 Å². The molecule has 0 bridgehead atoms. The van der Waals surface area contributed by atoms with Crippen LogP contribution in [-0.4, -0.2) is 22.4 Å². The summed E-state index contributed by atoms with van der Waals surface area (Å²) in [6.45, 7) is 1.57. The highest BCUT2D eigenvalue weighted by molar-refractivity contribution is 6.33. The minimum atomic E-state index is -4.76. The molecule has 24 heavy (non-hydrogen) atoms. The van der Waals surface area contributed by atoms with Crippen molar-refractivity contribution < 1.29 is 27.1 Å². The van der Waals surface area contributed by atoms with Crippen molar-refractivity contribution in [1.82, 2.24) is 9.78 Å². The summed E-state index contributed by atoms with van der Waals surface area (Å²) >= 11 is 5.75. The molecule has 0 atom stereocenters. The lowest BCUT2D eigenvalue weighted by atomic mass is 10.2. The lowest BCUT2D eigenvalue weighted by molar-refractivity contribution is -0.138. The molecule has 0 aliphatic carbocycles. The van der Waals surface area contributed by atoms with Gasteiger partial charge in [0.2, 0.25) is 0 Å². The third kappa shape index (κ3) is 3.56. The van der Waals surface area contributed by atoms with Crippen LogP contribution in [0.4, 0.5) is 17.6 Å². The molecular formula is C14H9ClF4N2O3. The molecular weight excluding hydrogens is 356 g/mol. The van der Waals surface area contributed by atoms with Gasteiger partial charge in [0.25, 0.3) is 5.56 Å². The topological polar surface area (TPSA) is 61.2 Å². The zero-order chi connectivity index (χ0) is 18.1. The molecule has 0 amide bonds. The molecule has 1 aromatic heterocycles. The van der Waals surface area contributed by atoms with E-state index in [0.29, 0.717) is 10.9 Å². The summed E-state index contributed by atoms with van der Waals surface area (Å²) < 4.78 is 56.8. The molecule has 0 N–H and O–H groups in total. The number of nitrogens with zero attached hydrogens (tertiary/aromatic N) is 2. The molecule has 0 aliphatic rings. The molecule has 1 aromatic carbocycles. The molecule has 0 spiro atoms. The monoisotopic (exact) mass is 364 g/mol. The summed E-state index contributed by atoms with van der Waals surface area (Å²) in [7, 11) is 0. The van der Waals surface area contributed by atoms with Gasteiger partial charge in [0, 0.05) is 6.07 Å². The molecule has 10 heteroatoms. The lowest BCUT2D eigenvalue weighted by Gasteiger charge is -2.11. The molecule has 0 aliphatic heterocycles. The van der Waals surface area contributed by atoms with Crippen LogP contribution in [0, 0.1) is 5.82 Å². The predicted octanol–water partition coefficient (Wildman–Crippen LogP) is 3.22. The molecule has 0 fully saturated rings. The van der Waals surface area contributed by atoms with Crippen molar-refractivity contribution in [3.05, 3.63) is 56.7 Å². The van der Waals surface area contributed by atoms with Crippen molar-refractivity contribution in [3.63, 3.8) is 0 Å². The summed E-state index contributed by atoms with van der Waals surface area (Å²) in [5, 5.41) is 3.03. The van der Waals surface area contributed by atoms with E-state index in [1.165, 1.54) is 6.92 Å². The molecule has 0 saturated heterocycles. The number of benzene rings is 1. The predicted molar refractivity (Wildman–Crippen MR) is 75.8 cm³/mol. The first-order valence-corrected chi connectivity index (χ1v) is 6.86. The lowest BCUT2D eigenvalue weighted by Crippen LogP contribution is -2.24. The van der Waals surface area contributed by atoms with E-state index in [1.54, 1.807) is 0 Å². The maximum atomic E-state index is 14.0. The number of alkyl halides is 3. The Bertz CT molecular complexity index is 849. The summed E-state index contributed by atoms with van der Waals surface area (Å²) in [5.74, 6) is -1.91. The summed E-state index contributed by atoms with van der Waals surface area (Å²) in [6.07, 6.45) is -4.39. The van der Waals surface area contributed by atoms with E-state index >= 15 is 0 Å².